The molecule has 0 amide bonds. The second-order valence-corrected chi connectivity index (χ2v) is 4.72. The van der Waals surface area contributed by atoms with Gasteiger partial charge in [0.2, 0.25) is 0 Å². The van der Waals surface area contributed by atoms with Gasteiger partial charge in [0.15, 0.2) is 5.82 Å². The highest BCUT2D eigenvalue weighted by Crippen LogP contribution is 2.22. The van der Waals surface area contributed by atoms with Gasteiger partial charge in [0.25, 0.3) is 5.78 Å². The SMILES string of the molecule is O=C(O)Cc1nc2nccc(C3CCCNC3)n2n1. The van der Waals surface area contributed by atoms with Crippen molar-refractivity contribution in [3.63, 3.8) is 0 Å². The van der Waals surface area contributed by atoms with Crippen LogP contribution >= 0.6 is 0 Å². The molecule has 7 nitrogen and oxygen atoms in total. The van der Waals surface area contributed by atoms with Crippen molar-refractivity contribution in [3.8, 4) is 0 Å². The van der Waals surface area contributed by atoms with Crippen LogP contribution in [0, 0.1) is 0 Å². The molecular weight excluding hydrogens is 246 g/mol. The number of hydrogen-bond donors (Lipinski definition) is 2. The standard InChI is InChI=1S/C12H15N5O2/c18-11(19)6-10-15-12-14-5-3-9(17(12)16-10)8-2-1-4-13-7-8/h3,5,8,13H,1-2,4,6-7H2,(H,18,19). The summed E-state index contributed by atoms with van der Waals surface area (Å²) < 4.78 is 1.68. The summed E-state index contributed by atoms with van der Waals surface area (Å²) in [6.07, 6.45) is 3.76. The molecule has 3 heterocycles. The van der Waals surface area contributed by atoms with Gasteiger partial charge in [0, 0.05) is 18.7 Å². The molecule has 2 aromatic heterocycles. The molecule has 0 saturated carbocycles. The first-order valence-corrected chi connectivity index (χ1v) is 6.37. The molecule has 2 aromatic rings. The highest BCUT2D eigenvalue weighted by atomic mass is 16.4. The fraction of sp³-hybridized carbons (Fsp3) is 0.500. The third-order valence-corrected chi connectivity index (χ3v) is 3.34. The Morgan fingerprint density at radius 3 is 3.21 bits per heavy atom. The number of carboxylic acids is 1. The van der Waals surface area contributed by atoms with Crippen LogP contribution in [0.15, 0.2) is 12.3 Å². The Hall–Kier alpha value is -2.02. The minimum Gasteiger partial charge on any atom is -0.481 e. The van der Waals surface area contributed by atoms with Gasteiger partial charge in [-0.1, -0.05) is 0 Å². The van der Waals surface area contributed by atoms with Crippen molar-refractivity contribution >= 4 is 11.7 Å². The van der Waals surface area contributed by atoms with Crippen LogP contribution < -0.4 is 5.32 Å². The van der Waals surface area contributed by atoms with Gasteiger partial charge in [-0.2, -0.15) is 4.98 Å². The number of carbonyl (C=O) groups is 1. The molecule has 1 aliphatic heterocycles. The largest absolute Gasteiger partial charge is 0.481 e. The highest BCUT2D eigenvalue weighted by molar-refractivity contribution is 5.69. The normalized spacial score (nSPS) is 19.7. The molecule has 0 aromatic carbocycles. The molecule has 1 saturated heterocycles. The zero-order valence-electron chi connectivity index (χ0n) is 10.4. The molecule has 3 rings (SSSR count). The maximum Gasteiger partial charge on any atom is 0.311 e. The number of rotatable bonds is 3. The van der Waals surface area contributed by atoms with Gasteiger partial charge in [0.1, 0.15) is 6.42 Å². The first-order valence-electron chi connectivity index (χ1n) is 6.37. The van der Waals surface area contributed by atoms with Gasteiger partial charge in [-0.15, -0.1) is 5.10 Å². The second-order valence-electron chi connectivity index (χ2n) is 4.72. The molecule has 0 spiro atoms. The van der Waals surface area contributed by atoms with Crippen LogP contribution in [0.3, 0.4) is 0 Å². The highest BCUT2D eigenvalue weighted by Gasteiger charge is 2.20. The molecule has 19 heavy (non-hydrogen) atoms. The van der Waals surface area contributed by atoms with E-state index in [1.165, 1.54) is 0 Å². The van der Waals surface area contributed by atoms with Crippen molar-refractivity contribution < 1.29 is 9.90 Å². The van der Waals surface area contributed by atoms with Crippen molar-refractivity contribution in [2.75, 3.05) is 13.1 Å². The van der Waals surface area contributed by atoms with Gasteiger partial charge >= 0.3 is 5.97 Å². The van der Waals surface area contributed by atoms with E-state index in [0.29, 0.717) is 17.5 Å². The number of fused-ring (bicyclic) bond motifs is 1. The molecule has 1 fully saturated rings. The van der Waals surface area contributed by atoms with Crippen molar-refractivity contribution in [2.45, 2.75) is 25.2 Å². The van der Waals surface area contributed by atoms with Crippen molar-refractivity contribution in [2.24, 2.45) is 0 Å². The van der Waals surface area contributed by atoms with Crippen molar-refractivity contribution in [3.05, 3.63) is 23.8 Å². The summed E-state index contributed by atoms with van der Waals surface area (Å²) in [5.74, 6) is 0.214. The molecule has 1 aliphatic rings. The fourth-order valence-corrected chi connectivity index (χ4v) is 2.48. The zero-order chi connectivity index (χ0) is 13.2. The summed E-state index contributed by atoms with van der Waals surface area (Å²) in [4.78, 5) is 19.0. The van der Waals surface area contributed by atoms with Crippen LogP contribution in [0.1, 0.15) is 30.3 Å². The van der Waals surface area contributed by atoms with E-state index in [0.717, 1.165) is 31.6 Å². The summed E-state index contributed by atoms with van der Waals surface area (Å²) in [5.41, 5.74) is 1.04. The van der Waals surface area contributed by atoms with Gasteiger partial charge in [-0.25, -0.2) is 9.50 Å². The Bertz CT molecular complexity index is 603. The summed E-state index contributed by atoms with van der Waals surface area (Å²) in [5, 5.41) is 16.4. The van der Waals surface area contributed by atoms with Gasteiger partial charge < -0.3 is 10.4 Å². The Labute approximate surface area is 109 Å². The molecule has 0 radical (unpaired) electrons. The van der Waals surface area contributed by atoms with E-state index < -0.39 is 5.97 Å². The number of nitrogens with one attached hydrogen (secondary N) is 1. The number of hydrogen-bond acceptors (Lipinski definition) is 5. The van der Waals surface area contributed by atoms with E-state index in [4.69, 9.17) is 5.11 Å². The minimum atomic E-state index is -0.934. The van der Waals surface area contributed by atoms with E-state index in [9.17, 15) is 4.79 Å². The molecule has 0 bridgehead atoms. The lowest BCUT2D eigenvalue weighted by Gasteiger charge is -2.22. The predicted octanol–water partition coefficient (Wildman–Crippen LogP) is 0.218. The summed E-state index contributed by atoms with van der Waals surface area (Å²) in [6.45, 7) is 1.96. The van der Waals surface area contributed by atoms with E-state index in [2.05, 4.69) is 20.4 Å². The number of nitrogens with zero attached hydrogens (tertiary/aromatic N) is 4. The van der Waals surface area contributed by atoms with Crippen LogP contribution in [-0.4, -0.2) is 43.7 Å². The van der Waals surface area contributed by atoms with Crippen LogP contribution in [0.2, 0.25) is 0 Å². The van der Waals surface area contributed by atoms with E-state index in [1.54, 1.807) is 10.7 Å². The van der Waals surface area contributed by atoms with Crippen LogP contribution in [0.25, 0.3) is 5.78 Å². The van der Waals surface area contributed by atoms with Crippen LogP contribution in [0.5, 0.6) is 0 Å². The molecule has 100 valence electrons. The van der Waals surface area contributed by atoms with Crippen molar-refractivity contribution in [1.29, 1.82) is 0 Å². The Balaban J connectivity index is 1.99. The average Bonchev–Trinajstić information content (AvgIpc) is 2.80. The summed E-state index contributed by atoms with van der Waals surface area (Å²) in [7, 11) is 0. The smallest absolute Gasteiger partial charge is 0.311 e. The van der Waals surface area contributed by atoms with E-state index >= 15 is 0 Å². The fourth-order valence-electron chi connectivity index (χ4n) is 2.48. The molecule has 1 unspecified atom stereocenters. The number of aliphatic carboxylic acids is 1. The minimum absolute atomic E-state index is 0.175. The molecule has 7 heteroatoms. The molecule has 0 aliphatic carbocycles. The zero-order valence-corrected chi connectivity index (χ0v) is 10.4. The summed E-state index contributed by atoms with van der Waals surface area (Å²) >= 11 is 0. The maximum absolute atomic E-state index is 10.7. The molecule has 2 N–H and O–H groups in total. The van der Waals surface area contributed by atoms with Crippen molar-refractivity contribution in [1.82, 2.24) is 24.9 Å². The third-order valence-electron chi connectivity index (χ3n) is 3.34. The first-order chi connectivity index (χ1) is 9.24. The van der Waals surface area contributed by atoms with Crippen LogP contribution in [-0.2, 0) is 11.2 Å². The average molecular weight is 261 g/mol. The summed E-state index contributed by atoms with van der Waals surface area (Å²) in [6, 6.07) is 1.93. The van der Waals surface area contributed by atoms with E-state index in [1.807, 2.05) is 6.07 Å². The van der Waals surface area contributed by atoms with Gasteiger partial charge in [0.05, 0.1) is 5.69 Å². The lowest BCUT2D eigenvalue weighted by atomic mass is 9.96. The van der Waals surface area contributed by atoms with Gasteiger partial charge in [-0.05, 0) is 25.5 Å². The molecule has 1 atom stereocenters. The van der Waals surface area contributed by atoms with Gasteiger partial charge in [-0.3, -0.25) is 4.79 Å². The maximum atomic E-state index is 10.7. The third kappa shape index (κ3) is 2.41. The Kier molecular flexibility index (Phi) is 3.12. The lowest BCUT2D eigenvalue weighted by Crippen LogP contribution is -2.29. The lowest BCUT2D eigenvalue weighted by molar-refractivity contribution is -0.136. The topological polar surface area (TPSA) is 92.4 Å². The Morgan fingerprint density at radius 1 is 1.58 bits per heavy atom. The van der Waals surface area contributed by atoms with Crippen LogP contribution in [0.4, 0.5) is 0 Å². The quantitative estimate of drug-likeness (QED) is 0.821. The number of aromatic nitrogens is 4. The predicted molar refractivity (Wildman–Crippen MR) is 67.0 cm³/mol. The Morgan fingerprint density at radius 2 is 2.47 bits per heavy atom. The molecular formula is C12H15N5O2. The second kappa shape index (κ2) is 4.93. The monoisotopic (exact) mass is 261 g/mol. The number of carboxylic acid groups (broad SMARTS) is 1. The number of piperidine rings is 1. The first kappa shape index (κ1) is 12.0. The van der Waals surface area contributed by atoms with E-state index in [-0.39, 0.29) is 6.42 Å².